The van der Waals surface area contributed by atoms with E-state index in [0.717, 1.165) is 18.9 Å². The Kier molecular flexibility index (Phi) is 13.2. The molecule has 0 amide bonds. The summed E-state index contributed by atoms with van der Waals surface area (Å²) in [7, 11) is 1.28. The van der Waals surface area contributed by atoms with Crippen molar-refractivity contribution in [3.05, 3.63) is 35.5 Å². The third kappa shape index (κ3) is 13.0. The number of rotatable bonds is 8. The molecule has 0 saturated heterocycles. The predicted molar refractivity (Wildman–Crippen MR) is 88.1 cm³/mol. The van der Waals surface area contributed by atoms with Crippen molar-refractivity contribution in [2.75, 3.05) is 7.11 Å². The normalized spacial score (nSPS) is 11.1. The Morgan fingerprint density at radius 3 is 2.09 bits per heavy atom. The molecule has 0 spiro atoms. The zero-order valence-corrected chi connectivity index (χ0v) is 14.2. The van der Waals surface area contributed by atoms with Crippen LogP contribution in [0.5, 0.6) is 0 Å². The van der Waals surface area contributed by atoms with E-state index in [4.69, 9.17) is 10.2 Å². The third-order valence-corrected chi connectivity index (χ3v) is 2.86. The van der Waals surface area contributed by atoms with Gasteiger partial charge in [-0.05, 0) is 26.7 Å². The average molecular weight is 326 g/mol. The number of carboxylic acids is 2. The summed E-state index contributed by atoms with van der Waals surface area (Å²) < 4.78 is 4.51. The second kappa shape index (κ2) is 13.3. The summed E-state index contributed by atoms with van der Waals surface area (Å²) in [5.41, 5.74) is 1.37. The van der Waals surface area contributed by atoms with Gasteiger partial charge in [-0.15, -0.1) is 0 Å². The summed E-state index contributed by atoms with van der Waals surface area (Å²) in [6.07, 6.45) is 5.50. The number of aliphatic carboxylic acids is 2. The van der Waals surface area contributed by atoms with Gasteiger partial charge in [0.25, 0.3) is 0 Å². The molecule has 0 aromatic rings. The minimum Gasteiger partial charge on any atom is -0.478 e. The fourth-order valence-corrected chi connectivity index (χ4v) is 1.40. The van der Waals surface area contributed by atoms with Gasteiger partial charge in [0.05, 0.1) is 7.11 Å². The Balaban J connectivity index is 0. The molecule has 0 radical (unpaired) electrons. The van der Waals surface area contributed by atoms with Crippen molar-refractivity contribution in [1.82, 2.24) is 0 Å². The lowest BCUT2D eigenvalue weighted by molar-refractivity contribution is -0.136. The molecule has 0 fully saturated rings. The Bertz CT molecular complexity index is 485. The summed E-state index contributed by atoms with van der Waals surface area (Å²) in [4.78, 5) is 31.5. The number of hydrogen-bond acceptors (Lipinski definition) is 4. The van der Waals surface area contributed by atoms with Crippen molar-refractivity contribution in [2.24, 2.45) is 0 Å². The summed E-state index contributed by atoms with van der Waals surface area (Å²) >= 11 is 0. The van der Waals surface area contributed by atoms with E-state index in [1.165, 1.54) is 7.11 Å². The van der Waals surface area contributed by atoms with E-state index in [1.54, 1.807) is 19.9 Å². The van der Waals surface area contributed by atoms with Gasteiger partial charge in [-0.1, -0.05) is 31.6 Å². The molecular formula is C17H26O6. The number of esters is 1. The van der Waals surface area contributed by atoms with Crippen LogP contribution in [0, 0.1) is 0 Å². The predicted octanol–water partition coefficient (Wildman–Crippen LogP) is 3.34. The van der Waals surface area contributed by atoms with Crippen molar-refractivity contribution >= 4 is 17.9 Å². The van der Waals surface area contributed by atoms with Gasteiger partial charge >= 0.3 is 17.9 Å². The molecule has 0 bridgehead atoms. The molecule has 6 nitrogen and oxygen atoms in total. The van der Waals surface area contributed by atoms with Crippen molar-refractivity contribution in [2.45, 2.75) is 46.5 Å². The second-order valence-electron chi connectivity index (χ2n) is 4.79. The highest BCUT2D eigenvalue weighted by atomic mass is 16.5. The fourth-order valence-electron chi connectivity index (χ4n) is 1.40. The first-order valence-corrected chi connectivity index (χ1v) is 7.24. The first-order valence-electron chi connectivity index (χ1n) is 7.24. The third-order valence-electron chi connectivity index (χ3n) is 2.86. The van der Waals surface area contributed by atoms with Crippen LogP contribution >= 0.6 is 0 Å². The van der Waals surface area contributed by atoms with E-state index in [0.29, 0.717) is 17.6 Å². The number of carbonyl (C=O) groups is 3. The molecule has 0 unspecified atom stereocenters. The van der Waals surface area contributed by atoms with Crippen LogP contribution in [-0.4, -0.2) is 35.2 Å². The Hall–Kier alpha value is -2.37. The number of carboxylic acid groups (broad SMARTS) is 2. The number of allylic oxidation sites excluding steroid dienone is 2. The molecule has 2 N–H and O–H groups in total. The molecule has 0 rings (SSSR count). The van der Waals surface area contributed by atoms with Gasteiger partial charge in [-0.2, -0.15) is 0 Å². The molecule has 23 heavy (non-hydrogen) atoms. The topological polar surface area (TPSA) is 101 Å². The Labute approximate surface area is 137 Å². The van der Waals surface area contributed by atoms with Crippen LogP contribution in [0.3, 0.4) is 0 Å². The molecule has 6 heteroatoms. The van der Waals surface area contributed by atoms with Gasteiger partial charge in [0.1, 0.15) is 0 Å². The maximum absolute atomic E-state index is 11.1. The Morgan fingerprint density at radius 1 is 1.22 bits per heavy atom. The highest BCUT2D eigenvalue weighted by Gasteiger charge is 2.10. The molecule has 0 aliphatic carbocycles. The standard InChI is InChI=1S/C12H18O4.C5H8O2/c1-4-5-6-10(8-11(13)14)7-9(2)12(15)16-3;1-3-4(2)5(6)7/h8H,2,4-7H2,1,3H3,(H,13,14);3H,1-2H3,(H,6,7). The van der Waals surface area contributed by atoms with E-state index in [-0.39, 0.29) is 12.0 Å². The van der Waals surface area contributed by atoms with Gasteiger partial charge in [0.2, 0.25) is 0 Å². The van der Waals surface area contributed by atoms with Crippen molar-refractivity contribution in [1.29, 1.82) is 0 Å². The molecule has 0 aromatic heterocycles. The fraction of sp³-hybridized carbons (Fsp3) is 0.471. The summed E-state index contributed by atoms with van der Waals surface area (Å²) in [5, 5.41) is 16.8. The number of hydrogen-bond donors (Lipinski definition) is 2. The molecular weight excluding hydrogens is 300 g/mol. The summed E-state index contributed by atoms with van der Waals surface area (Å²) in [6.45, 7) is 8.85. The zero-order chi connectivity index (χ0) is 18.4. The molecule has 0 heterocycles. The Morgan fingerprint density at radius 2 is 1.78 bits per heavy atom. The lowest BCUT2D eigenvalue weighted by Gasteiger charge is -2.07. The van der Waals surface area contributed by atoms with Crippen LogP contribution in [-0.2, 0) is 19.1 Å². The van der Waals surface area contributed by atoms with Crippen LogP contribution in [0.2, 0.25) is 0 Å². The van der Waals surface area contributed by atoms with Crippen molar-refractivity contribution in [3.8, 4) is 0 Å². The van der Waals surface area contributed by atoms with E-state index >= 15 is 0 Å². The average Bonchev–Trinajstić information content (AvgIpc) is 2.50. The van der Waals surface area contributed by atoms with Crippen molar-refractivity contribution < 1.29 is 29.3 Å². The van der Waals surface area contributed by atoms with Gasteiger partial charge < -0.3 is 14.9 Å². The zero-order valence-electron chi connectivity index (χ0n) is 14.2. The molecule has 0 aliphatic heterocycles. The maximum atomic E-state index is 11.1. The van der Waals surface area contributed by atoms with Crippen LogP contribution in [0.4, 0.5) is 0 Å². The lowest BCUT2D eigenvalue weighted by Crippen LogP contribution is -2.05. The number of methoxy groups -OCH3 is 1. The number of ether oxygens (including phenoxy) is 1. The highest BCUT2D eigenvalue weighted by Crippen LogP contribution is 2.17. The van der Waals surface area contributed by atoms with Crippen LogP contribution in [0.1, 0.15) is 46.5 Å². The van der Waals surface area contributed by atoms with Crippen molar-refractivity contribution in [3.63, 3.8) is 0 Å². The van der Waals surface area contributed by atoms with Gasteiger partial charge in [0, 0.05) is 23.6 Å². The quantitative estimate of drug-likeness (QED) is 0.524. The van der Waals surface area contributed by atoms with Crippen LogP contribution in [0.15, 0.2) is 35.5 Å². The first-order chi connectivity index (χ1) is 10.7. The van der Waals surface area contributed by atoms with Gasteiger partial charge in [-0.3, -0.25) is 0 Å². The molecule has 0 aliphatic rings. The highest BCUT2D eigenvalue weighted by molar-refractivity contribution is 5.88. The van der Waals surface area contributed by atoms with Crippen LogP contribution in [0.25, 0.3) is 0 Å². The minimum atomic E-state index is -0.997. The summed E-state index contributed by atoms with van der Waals surface area (Å²) in [6, 6.07) is 0. The number of unbranched alkanes of at least 4 members (excludes halogenated alkanes) is 1. The SMILES string of the molecule is C=C(CC(=CC(=O)O)CCCC)C(=O)OC.CC=C(C)C(=O)O. The summed E-state index contributed by atoms with van der Waals surface area (Å²) in [5.74, 6) is -2.33. The largest absolute Gasteiger partial charge is 0.478 e. The second-order valence-corrected chi connectivity index (χ2v) is 4.79. The van der Waals surface area contributed by atoms with Gasteiger partial charge in [-0.25, -0.2) is 14.4 Å². The first kappa shape index (κ1) is 22.9. The van der Waals surface area contributed by atoms with E-state index in [2.05, 4.69) is 11.3 Å². The molecule has 130 valence electrons. The van der Waals surface area contributed by atoms with E-state index < -0.39 is 17.9 Å². The van der Waals surface area contributed by atoms with Crippen LogP contribution < -0.4 is 0 Å². The molecule has 0 aromatic carbocycles. The minimum absolute atomic E-state index is 0.263. The van der Waals surface area contributed by atoms with Gasteiger partial charge in [0.15, 0.2) is 0 Å². The maximum Gasteiger partial charge on any atom is 0.333 e. The van der Waals surface area contributed by atoms with E-state index in [9.17, 15) is 14.4 Å². The van der Waals surface area contributed by atoms with E-state index in [1.807, 2.05) is 6.92 Å². The molecule has 0 saturated carbocycles. The molecule has 0 atom stereocenters. The smallest absolute Gasteiger partial charge is 0.333 e. The monoisotopic (exact) mass is 326 g/mol. The number of carbonyl (C=O) groups excluding carboxylic acids is 1. The lowest BCUT2D eigenvalue weighted by atomic mass is 10.0.